The second-order valence-corrected chi connectivity index (χ2v) is 3.11. The third kappa shape index (κ3) is 1.31. The first kappa shape index (κ1) is 8.27. The Kier molecular flexibility index (Phi) is 2.03. The van der Waals surface area contributed by atoms with Crippen LogP contribution in [0.25, 0.3) is 16.8 Å². The highest BCUT2D eigenvalue weighted by atomic mass is 35.5. The quantitative estimate of drug-likeness (QED) is 0.626. The van der Waals surface area contributed by atoms with Gasteiger partial charge in [0.15, 0.2) is 0 Å². The first-order valence-corrected chi connectivity index (χ1v) is 4.36. The first-order chi connectivity index (χ1) is 6.33. The molecule has 0 bridgehead atoms. The summed E-state index contributed by atoms with van der Waals surface area (Å²) in [4.78, 5) is 4.01. The van der Waals surface area contributed by atoms with Crippen molar-refractivity contribution in [1.82, 2.24) is 4.98 Å². The zero-order chi connectivity index (χ0) is 9.26. The first-order valence-electron chi connectivity index (χ1n) is 3.98. The van der Waals surface area contributed by atoms with Gasteiger partial charge in [0.05, 0.1) is 0 Å². The highest BCUT2D eigenvalue weighted by Crippen LogP contribution is 2.24. The Bertz CT molecular complexity index is 463. The molecule has 2 heteroatoms. The summed E-state index contributed by atoms with van der Waals surface area (Å²) in [7, 11) is 0. The summed E-state index contributed by atoms with van der Waals surface area (Å²) >= 11 is 5.94. The van der Waals surface area contributed by atoms with Gasteiger partial charge in [0.2, 0.25) is 0 Å². The van der Waals surface area contributed by atoms with E-state index in [0.29, 0.717) is 5.15 Å². The van der Waals surface area contributed by atoms with E-state index in [1.54, 1.807) is 6.20 Å². The Morgan fingerprint density at radius 3 is 2.85 bits per heavy atom. The van der Waals surface area contributed by atoms with E-state index in [2.05, 4.69) is 11.6 Å². The van der Waals surface area contributed by atoms with Gasteiger partial charge in [0, 0.05) is 11.6 Å². The van der Waals surface area contributed by atoms with Crippen LogP contribution in [0, 0.1) is 0 Å². The van der Waals surface area contributed by atoms with Crippen molar-refractivity contribution in [2.45, 2.75) is 0 Å². The molecule has 0 saturated heterocycles. The van der Waals surface area contributed by atoms with Gasteiger partial charge >= 0.3 is 0 Å². The lowest BCUT2D eigenvalue weighted by Gasteiger charge is -2.01. The van der Waals surface area contributed by atoms with Crippen LogP contribution in [0.5, 0.6) is 0 Å². The van der Waals surface area contributed by atoms with E-state index in [1.807, 2.05) is 30.3 Å². The molecule has 1 aromatic heterocycles. The van der Waals surface area contributed by atoms with Crippen LogP contribution in [-0.4, -0.2) is 4.98 Å². The van der Waals surface area contributed by atoms with Crippen LogP contribution in [-0.2, 0) is 0 Å². The van der Waals surface area contributed by atoms with Crippen molar-refractivity contribution in [3.05, 3.63) is 47.8 Å². The summed E-state index contributed by atoms with van der Waals surface area (Å²) in [5.41, 5.74) is 1.09. The Balaban J connectivity index is 2.92. The second kappa shape index (κ2) is 3.19. The highest BCUT2D eigenvalue weighted by Gasteiger charge is 2.00. The summed E-state index contributed by atoms with van der Waals surface area (Å²) < 4.78 is 0. The van der Waals surface area contributed by atoms with Gasteiger partial charge in [0.1, 0.15) is 5.15 Å². The maximum Gasteiger partial charge on any atom is 0.136 e. The Labute approximate surface area is 81.7 Å². The van der Waals surface area contributed by atoms with E-state index in [-0.39, 0.29) is 0 Å². The Hall–Kier alpha value is -1.34. The molecule has 0 aliphatic carbocycles. The maximum atomic E-state index is 5.94. The number of rotatable bonds is 1. The van der Waals surface area contributed by atoms with Gasteiger partial charge in [-0.05, 0) is 17.0 Å². The van der Waals surface area contributed by atoms with Crippen LogP contribution >= 0.6 is 11.6 Å². The van der Waals surface area contributed by atoms with Crippen LogP contribution < -0.4 is 0 Å². The van der Waals surface area contributed by atoms with Crippen molar-refractivity contribution in [3.8, 4) is 0 Å². The standard InChI is InChI=1S/C11H8ClN/c1-2-8-4-3-5-10-9(8)6-7-13-11(10)12/h2-7H,1H2. The third-order valence-corrected chi connectivity index (χ3v) is 2.31. The molecule has 0 radical (unpaired) electrons. The number of hydrogen-bond donors (Lipinski definition) is 0. The maximum absolute atomic E-state index is 5.94. The minimum absolute atomic E-state index is 0.543. The molecule has 0 spiro atoms. The van der Waals surface area contributed by atoms with E-state index < -0.39 is 0 Å². The SMILES string of the molecule is C=Cc1cccc2c(Cl)nccc12. The molecule has 0 amide bonds. The minimum atomic E-state index is 0.543. The number of pyridine rings is 1. The van der Waals surface area contributed by atoms with Crippen molar-refractivity contribution in [3.63, 3.8) is 0 Å². The fourth-order valence-corrected chi connectivity index (χ4v) is 1.59. The smallest absolute Gasteiger partial charge is 0.136 e. The Morgan fingerprint density at radius 2 is 2.08 bits per heavy atom. The molecule has 0 aliphatic heterocycles. The number of halogens is 1. The number of fused-ring (bicyclic) bond motifs is 1. The predicted octanol–water partition coefficient (Wildman–Crippen LogP) is 3.53. The summed E-state index contributed by atoms with van der Waals surface area (Å²) in [6.07, 6.45) is 3.52. The molecule has 0 atom stereocenters. The van der Waals surface area contributed by atoms with Crippen LogP contribution in [0.3, 0.4) is 0 Å². The van der Waals surface area contributed by atoms with Crippen molar-refractivity contribution >= 4 is 28.4 Å². The van der Waals surface area contributed by atoms with Gasteiger partial charge < -0.3 is 0 Å². The molecule has 0 saturated carbocycles. The normalized spacial score (nSPS) is 10.2. The zero-order valence-electron chi connectivity index (χ0n) is 7.00. The van der Waals surface area contributed by atoms with Crippen LogP contribution in [0.15, 0.2) is 37.0 Å². The average molecular weight is 190 g/mol. The monoisotopic (exact) mass is 189 g/mol. The second-order valence-electron chi connectivity index (χ2n) is 2.75. The van der Waals surface area contributed by atoms with E-state index in [1.165, 1.54) is 0 Å². The Morgan fingerprint density at radius 1 is 1.23 bits per heavy atom. The molecule has 0 fully saturated rings. The van der Waals surface area contributed by atoms with Gasteiger partial charge in [-0.25, -0.2) is 4.98 Å². The average Bonchev–Trinajstić information content (AvgIpc) is 2.18. The fourth-order valence-electron chi connectivity index (χ4n) is 1.37. The molecule has 2 rings (SSSR count). The summed E-state index contributed by atoms with van der Waals surface area (Å²) in [5, 5.41) is 2.61. The highest BCUT2D eigenvalue weighted by molar-refractivity contribution is 6.34. The number of nitrogens with zero attached hydrogens (tertiary/aromatic N) is 1. The minimum Gasteiger partial charge on any atom is -0.244 e. The van der Waals surface area contributed by atoms with Crippen molar-refractivity contribution in [2.75, 3.05) is 0 Å². The summed E-state index contributed by atoms with van der Waals surface area (Å²) in [6.45, 7) is 3.75. The zero-order valence-corrected chi connectivity index (χ0v) is 7.75. The van der Waals surface area contributed by atoms with Crippen molar-refractivity contribution < 1.29 is 0 Å². The fraction of sp³-hybridized carbons (Fsp3) is 0. The van der Waals surface area contributed by atoms with Gasteiger partial charge in [-0.2, -0.15) is 0 Å². The molecule has 1 heterocycles. The molecular weight excluding hydrogens is 182 g/mol. The molecule has 1 aromatic carbocycles. The predicted molar refractivity (Wildman–Crippen MR) is 56.8 cm³/mol. The summed E-state index contributed by atoms with van der Waals surface area (Å²) in [6, 6.07) is 7.86. The van der Waals surface area contributed by atoms with Crippen LogP contribution in [0.1, 0.15) is 5.56 Å². The van der Waals surface area contributed by atoms with Gasteiger partial charge in [-0.3, -0.25) is 0 Å². The molecule has 0 N–H and O–H groups in total. The largest absolute Gasteiger partial charge is 0.244 e. The molecule has 0 unspecified atom stereocenters. The van der Waals surface area contributed by atoms with Crippen molar-refractivity contribution in [2.24, 2.45) is 0 Å². The number of benzene rings is 1. The molecule has 2 aromatic rings. The third-order valence-electron chi connectivity index (χ3n) is 2.01. The van der Waals surface area contributed by atoms with E-state index in [9.17, 15) is 0 Å². The molecule has 13 heavy (non-hydrogen) atoms. The van der Waals surface area contributed by atoms with Gasteiger partial charge in [0.25, 0.3) is 0 Å². The topological polar surface area (TPSA) is 12.9 Å². The van der Waals surface area contributed by atoms with E-state index >= 15 is 0 Å². The lowest BCUT2D eigenvalue weighted by atomic mass is 10.1. The van der Waals surface area contributed by atoms with Crippen LogP contribution in [0.4, 0.5) is 0 Å². The number of hydrogen-bond acceptors (Lipinski definition) is 1. The molecular formula is C11H8ClN. The van der Waals surface area contributed by atoms with Crippen molar-refractivity contribution in [1.29, 1.82) is 0 Å². The lowest BCUT2D eigenvalue weighted by molar-refractivity contribution is 1.36. The molecule has 64 valence electrons. The van der Waals surface area contributed by atoms with Crippen LogP contribution in [0.2, 0.25) is 5.15 Å². The number of aromatic nitrogens is 1. The lowest BCUT2D eigenvalue weighted by Crippen LogP contribution is -1.81. The van der Waals surface area contributed by atoms with E-state index in [0.717, 1.165) is 16.3 Å². The molecule has 1 nitrogen and oxygen atoms in total. The summed E-state index contributed by atoms with van der Waals surface area (Å²) in [5.74, 6) is 0. The van der Waals surface area contributed by atoms with Gasteiger partial charge in [-0.1, -0.05) is 42.5 Å². The van der Waals surface area contributed by atoms with E-state index in [4.69, 9.17) is 11.6 Å². The molecule has 0 aliphatic rings. The van der Waals surface area contributed by atoms with Gasteiger partial charge in [-0.15, -0.1) is 0 Å².